The summed E-state index contributed by atoms with van der Waals surface area (Å²) in [5.41, 5.74) is 4.40. The van der Waals surface area contributed by atoms with Gasteiger partial charge in [0.25, 0.3) is 0 Å². The van der Waals surface area contributed by atoms with Crippen LogP contribution in [-0.4, -0.2) is 5.71 Å². The van der Waals surface area contributed by atoms with Gasteiger partial charge in [0, 0.05) is 10.7 Å². The molecule has 76 valence electrons. The molecule has 1 rings (SSSR count). The molecular weight excluding hydrogens is 194 g/mol. The number of hydrogen-bond acceptors (Lipinski definition) is 1. The minimum absolute atomic E-state index is 0.815. The molecule has 0 saturated carbocycles. The maximum Gasteiger partial charge on any atom is 0.0661 e. The molecule has 0 aliphatic rings. The zero-order chi connectivity index (χ0) is 10.7. The lowest BCUT2D eigenvalue weighted by molar-refractivity contribution is 1.24. The summed E-state index contributed by atoms with van der Waals surface area (Å²) in [6.45, 7) is 8.19. The van der Waals surface area contributed by atoms with E-state index in [-0.39, 0.29) is 0 Å². The molecule has 0 fully saturated rings. The van der Waals surface area contributed by atoms with Crippen LogP contribution in [-0.2, 0) is 0 Å². The fourth-order valence-corrected chi connectivity index (χ4v) is 1.39. The summed E-state index contributed by atoms with van der Waals surface area (Å²) in [6, 6.07) is 4.01. The summed E-state index contributed by atoms with van der Waals surface area (Å²) in [5.74, 6) is 0. The number of nitrogens with zero attached hydrogens (tertiary/aromatic N) is 1. The van der Waals surface area contributed by atoms with Gasteiger partial charge < -0.3 is 0 Å². The fraction of sp³-hybridized carbons (Fsp3) is 0.417. The normalized spacial score (nSPS) is 11.9. The van der Waals surface area contributed by atoms with E-state index >= 15 is 0 Å². The molecule has 0 spiro atoms. The van der Waals surface area contributed by atoms with E-state index < -0.39 is 0 Å². The molecule has 0 atom stereocenters. The number of rotatable bonds is 2. The van der Waals surface area contributed by atoms with Crippen molar-refractivity contribution in [2.75, 3.05) is 0 Å². The summed E-state index contributed by atoms with van der Waals surface area (Å²) in [5, 5.41) is 0.815. The number of halogens is 1. The van der Waals surface area contributed by atoms with Crippen molar-refractivity contribution in [3.8, 4) is 0 Å². The summed E-state index contributed by atoms with van der Waals surface area (Å²) >= 11 is 6.01. The number of aliphatic imine (C=N–C) groups is 1. The summed E-state index contributed by atoms with van der Waals surface area (Å²) in [4.78, 5) is 4.54. The molecule has 2 heteroatoms. The van der Waals surface area contributed by atoms with E-state index in [1.54, 1.807) is 0 Å². The highest BCUT2D eigenvalue weighted by Crippen LogP contribution is 2.26. The second kappa shape index (κ2) is 4.61. The Hall–Kier alpha value is -0.820. The van der Waals surface area contributed by atoms with Gasteiger partial charge in [0.2, 0.25) is 0 Å². The molecule has 1 aromatic carbocycles. The highest BCUT2D eigenvalue weighted by atomic mass is 35.5. The average Bonchev–Trinajstić information content (AvgIpc) is 2.14. The van der Waals surface area contributed by atoms with Crippen LogP contribution < -0.4 is 0 Å². The Kier molecular flexibility index (Phi) is 3.70. The van der Waals surface area contributed by atoms with Crippen LogP contribution in [0.25, 0.3) is 0 Å². The molecule has 0 unspecified atom stereocenters. The van der Waals surface area contributed by atoms with Crippen LogP contribution in [0.4, 0.5) is 5.69 Å². The standard InChI is InChI=1S/C12H16ClN/c1-5-10(4)14-12-7-8(2)11(13)6-9(12)3/h6-7H,5H2,1-4H3. The molecule has 0 N–H and O–H groups in total. The van der Waals surface area contributed by atoms with Crippen LogP contribution in [0.2, 0.25) is 5.02 Å². The van der Waals surface area contributed by atoms with Crippen LogP contribution in [0.3, 0.4) is 0 Å². The van der Waals surface area contributed by atoms with E-state index in [0.717, 1.165) is 34.0 Å². The Bertz CT molecular complexity index is 367. The van der Waals surface area contributed by atoms with E-state index in [1.165, 1.54) is 0 Å². The molecule has 0 aliphatic heterocycles. The SMILES string of the molecule is CCC(C)=Nc1cc(C)c(Cl)cc1C. The predicted octanol–water partition coefficient (Wildman–Crippen LogP) is 4.46. The van der Waals surface area contributed by atoms with E-state index in [2.05, 4.69) is 11.9 Å². The largest absolute Gasteiger partial charge is 0.258 e. The molecule has 1 aromatic rings. The lowest BCUT2D eigenvalue weighted by Crippen LogP contribution is -1.87. The molecular formula is C12H16ClN. The quantitative estimate of drug-likeness (QED) is 0.638. The molecule has 14 heavy (non-hydrogen) atoms. The van der Waals surface area contributed by atoms with Gasteiger partial charge in [-0.05, 0) is 50.5 Å². The molecule has 0 saturated heterocycles. The lowest BCUT2D eigenvalue weighted by Gasteiger charge is -2.05. The van der Waals surface area contributed by atoms with E-state index in [4.69, 9.17) is 11.6 Å². The van der Waals surface area contributed by atoms with Crippen molar-refractivity contribution in [2.24, 2.45) is 4.99 Å². The average molecular weight is 210 g/mol. The second-order valence-electron chi connectivity index (χ2n) is 3.59. The van der Waals surface area contributed by atoms with Crippen LogP contribution in [0.1, 0.15) is 31.4 Å². The Morgan fingerprint density at radius 2 is 1.93 bits per heavy atom. The molecule has 0 radical (unpaired) electrons. The van der Waals surface area contributed by atoms with Crippen LogP contribution in [0.15, 0.2) is 17.1 Å². The third kappa shape index (κ3) is 2.58. The van der Waals surface area contributed by atoms with Gasteiger partial charge in [0.1, 0.15) is 0 Å². The summed E-state index contributed by atoms with van der Waals surface area (Å²) in [6.07, 6.45) is 0.987. The minimum atomic E-state index is 0.815. The van der Waals surface area contributed by atoms with Gasteiger partial charge in [-0.1, -0.05) is 18.5 Å². The monoisotopic (exact) mass is 209 g/mol. The van der Waals surface area contributed by atoms with Crippen molar-refractivity contribution in [1.29, 1.82) is 0 Å². The summed E-state index contributed by atoms with van der Waals surface area (Å²) < 4.78 is 0. The van der Waals surface area contributed by atoms with Crippen molar-refractivity contribution < 1.29 is 0 Å². The first-order valence-electron chi connectivity index (χ1n) is 4.85. The zero-order valence-electron chi connectivity index (χ0n) is 9.19. The first kappa shape index (κ1) is 11.3. The first-order valence-corrected chi connectivity index (χ1v) is 5.23. The predicted molar refractivity (Wildman–Crippen MR) is 64.0 cm³/mol. The first-order chi connectivity index (χ1) is 6.54. The van der Waals surface area contributed by atoms with Crippen LogP contribution in [0.5, 0.6) is 0 Å². The van der Waals surface area contributed by atoms with Gasteiger partial charge in [-0.3, -0.25) is 4.99 Å². The minimum Gasteiger partial charge on any atom is -0.258 e. The van der Waals surface area contributed by atoms with Gasteiger partial charge in [-0.2, -0.15) is 0 Å². The maximum absolute atomic E-state index is 6.01. The smallest absolute Gasteiger partial charge is 0.0661 e. The second-order valence-corrected chi connectivity index (χ2v) is 4.00. The molecule has 0 heterocycles. The lowest BCUT2D eigenvalue weighted by atomic mass is 10.1. The molecule has 0 aliphatic carbocycles. The van der Waals surface area contributed by atoms with Gasteiger partial charge in [0.15, 0.2) is 0 Å². The van der Waals surface area contributed by atoms with Gasteiger partial charge in [-0.15, -0.1) is 0 Å². The van der Waals surface area contributed by atoms with Gasteiger partial charge in [-0.25, -0.2) is 0 Å². The number of hydrogen-bond donors (Lipinski definition) is 0. The van der Waals surface area contributed by atoms with E-state index in [1.807, 2.05) is 32.9 Å². The zero-order valence-corrected chi connectivity index (χ0v) is 9.94. The van der Waals surface area contributed by atoms with Crippen molar-refractivity contribution in [3.63, 3.8) is 0 Å². The Balaban J connectivity index is 3.16. The maximum atomic E-state index is 6.01. The number of aryl methyl sites for hydroxylation is 2. The third-order valence-electron chi connectivity index (χ3n) is 2.30. The van der Waals surface area contributed by atoms with Crippen molar-refractivity contribution >= 4 is 23.0 Å². The van der Waals surface area contributed by atoms with Crippen molar-refractivity contribution in [1.82, 2.24) is 0 Å². The summed E-state index contributed by atoms with van der Waals surface area (Å²) in [7, 11) is 0. The highest BCUT2D eigenvalue weighted by molar-refractivity contribution is 6.31. The Morgan fingerprint density at radius 1 is 1.29 bits per heavy atom. The van der Waals surface area contributed by atoms with Crippen molar-refractivity contribution in [3.05, 3.63) is 28.3 Å². The molecule has 1 nitrogen and oxygen atoms in total. The Labute approximate surface area is 90.8 Å². The van der Waals surface area contributed by atoms with Crippen molar-refractivity contribution in [2.45, 2.75) is 34.1 Å². The van der Waals surface area contributed by atoms with Gasteiger partial charge in [0.05, 0.1) is 5.69 Å². The van der Waals surface area contributed by atoms with Crippen LogP contribution in [0, 0.1) is 13.8 Å². The molecule has 0 aromatic heterocycles. The number of benzene rings is 1. The van der Waals surface area contributed by atoms with Gasteiger partial charge >= 0.3 is 0 Å². The third-order valence-corrected chi connectivity index (χ3v) is 2.71. The topological polar surface area (TPSA) is 12.4 Å². The van der Waals surface area contributed by atoms with E-state index in [9.17, 15) is 0 Å². The molecule has 0 bridgehead atoms. The van der Waals surface area contributed by atoms with E-state index in [0.29, 0.717) is 0 Å². The Morgan fingerprint density at radius 3 is 2.50 bits per heavy atom. The highest BCUT2D eigenvalue weighted by Gasteiger charge is 2.01. The molecule has 0 amide bonds. The fourth-order valence-electron chi connectivity index (χ4n) is 1.17. The van der Waals surface area contributed by atoms with Crippen LogP contribution >= 0.6 is 11.6 Å².